The highest BCUT2D eigenvalue weighted by atomic mass is 16.4. The van der Waals surface area contributed by atoms with Crippen molar-refractivity contribution in [3.05, 3.63) is 0 Å². The van der Waals surface area contributed by atoms with Crippen molar-refractivity contribution < 1.29 is 14.7 Å². The standard InChI is InChI=1S/C13H24N2O3/c1-4-9(2)10(3)14-12(18)15-13(11(16)17)7-5-6-8-13/h9-10H,4-8H2,1-3H3,(H,16,17)(H2,14,15,18). The zero-order valence-corrected chi connectivity index (χ0v) is 11.5. The Morgan fingerprint density at radius 1 is 1.28 bits per heavy atom. The van der Waals surface area contributed by atoms with Gasteiger partial charge in [0, 0.05) is 6.04 Å². The molecule has 1 aliphatic carbocycles. The highest BCUT2D eigenvalue weighted by Crippen LogP contribution is 2.29. The molecule has 0 bridgehead atoms. The van der Waals surface area contributed by atoms with Crippen LogP contribution in [0.25, 0.3) is 0 Å². The van der Waals surface area contributed by atoms with Gasteiger partial charge in [-0.2, -0.15) is 0 Å². The Kier molecular flexibility index (Phi) is 4.99. The molecule has 1 saturated carbocycles. The molecule has 2 unspecified atom stereocenters. The second kappa shape index (κ2) is 6.07. The molecule has 5 heteroatoms. The number of nitrogens with one attached hydrogen (secondary N) is 2. The van der Waals surface area contributed by atoms with Gasteiger partial charge in [-0.3, -0.25) is 0 Å². The van der Waals surface area contributed by atoms with Gasteiger partial charge in [0.15, 0.2) is 0 Å². The fraction of sp³-hybridized carbons (Fsp3) is 0.846. The second-order valence-corrected chi connectivity index (χ2v) is 5.37. The van der Waals surface area contributed by atoms with E-state index >= 15 is 0 Å². The van der Waals surface area contributed by atoms with E-state index < -0.39 is 11.5 Å². The number of hydrogen-bond donors (Lipinski definition) is 3. The summed E-state index contributed by atoms with van der Waals surface area (Å²) in [5.41, 5.74) is -1.06. The Bertz CT molecular complexity index is 311. The topological polar surface area (TPSA) is 78.4 Å². The van der Waals surface area contributed by atoms with Crippen molar-refractivity contribution >= 4 is 12.0 Å². The smallest absolute Gasteiger partial charge is 0.329 e. The predicted octanol–water partition coefficient (Wildman–Crippen LogP) is 2.12. The zero-order chi connectivity index (χ0) is 13.8. The van der Waals surface area contributed by atoms with Gasteiger partial charge in [0.25, 0.3) is 0 Å². The monoisotopic (exact) mass is 256 g/mol. The van der Waals surface area contributed by atoms with Crippen molar-refractivity contribution in [2.45, 2.75) is 64.5 Å². The average molecular weight is 256 g/mol. The first-order valence-electron chi connectivity index (χ1n) is 6.73. The summed E-state index contributed by atoms with van der Waals surface area (Å²) in [5, 5.41) is 14.7. The van der Waals surface area contributed by atoms with Crippen LogP contribution in [0.3, 0.4) is 0 Å². The maximum Gasteiger partial charge on any atom is 0.329 e. The third kappa shape index (κ3) is 3.37. The van der Waals surface area contributed by atoms with Gasteiger partial charge in [-0.25, -0.2) is 9.59 Å². The molecular weight excluding hydrogens is 232 g/mol. The van der Waals surface area contributed by atoms with Gasteiger partial charge in [-0.15, -0.1) is 0 Å². The van der Waals surface area contributed by atoms with E-state index in [4.69, 9.17) is 0 Å². The van der Waals surface area contributed by atoms with Gasteiger partial charge in [0.2, 0.25) is 0 Å². The molecule has 0 radical (unpaired) electrons. The first kappa shape index (κ1) is 14.8. The van der Waals surface area contributed by atoms with Crippen LogP contribution in [0.5, 0.6) is 0 Å². The van der Waals surface area contributed by atoms with Gasteiger partial charge in [0.1, 0.15) is 5.54 Å². The summed E-state index contributed by atoms with van der Waals surface area (Å²) in [4.78, 5) is 23.1. The molecule has 0 spiro atoms. The number of hydrogen-bond acceptors (Lipinski definition) is 2. The molecule has 0 aromatic carbocycles. The molecule has 1 rings (SSSR count). The molecule has 0 aromatic heterocycles. The number of carbonyl (C=O) groups excluding carboxylic acids is 1. The molecule has 0 heterocycles. The summed E-state index contributed by atoms with van der Waals surface area (Å²) in [6, 6.07) is -0.325. The molecule has 104 valence electrons. The first-order chi connectivity index (χ1) is 8.41. The lowest BCUT2D eigenvalue weighted by molar-refractivity contribution is -0.144. The molecule has 1 aliphatic rings. The van der Waals surface area contributed by atoms with Gasteiger partial charge in [-0.1, -0.05) is 33.1 Å². The van der Waals surface area contributed by atoms with Crippen molar-refractivity contribution in [2.24, 2.45) is 5.92 Å². The van der Waals surface area contributed by atoms with Crippen LogP contribution >= 0.6 is 0 Å². The summed E-state index contributed by atoms with van der Waals surface area (Å²) in [7, 11) is 0. The Morgan fingerprint density at radius 2 is 1.83 bits per heavy atom. The molecule has 3 N–H and O–H groups in total. The number of amides is 2. The van der Waals surface area contributed by atoms with Crippen molar-refractivity contribution in [3.8, 4) is 0 Å². The van der Waals surface area contributed by atoms with E-state index in [9.17, 15) is 14.7 Å². The third-order valence-corrected chi connectivity index (χ3v) is 4.08. The highest BCUT2D eigenvalue weighted by Gasteiger charge is 2.42. The van der Waals surface area contributed by atoms with Crippen LogP contribution in [0, 0.1) is 5.92 Å². The van der Waals surface area contributed by atoms with Crippen molar-refractivity contribution in [1.29, 1.82) is 0 Å². The maximum atomic E-state index is 11.9. The molecule has 0 saturated heterocycles. The minimum absolute atomic E-state index is 0.0437. The van der Waals surface area contributed by atoms with Gasteiger partial charge >= 0.3 is 12.0 Å². The van der Waals surface area contributed by atoms with Crippen molar-refractivity contribution in [1.82, 2.24) is 10.6 Å². The summed E-state index contributed by atoms with van der Waals surface area (Å²) in [6.07, 6.45) is 3.73. The van der Waals surface area contributed by atoms with Crippen LogP contribution in [0.4, 0.5) is 4.79 Å². The van der Waals surface area contributed by atoms with Crippen LogP contribution in [0.1, 0.15) is 52.9 Å². The number of urea groups is 1. The Morgan fingerprint density at radius 3 is 2.28 bits per heavy atom. The molecule has 18 heavy (non-hydrogen) atoms. The lowest BCUT2D eigenvalue weighted by atomic mass is 9.98. The quantitative estimate of drug-likeness (QED) is 0.705. The van der Waals surface area contributed by atoms with E-state index in [1.54, 1.807) is 0 Å². The molecule has 5 nitrogen and oxygen atoms in total. The van der Waals surface area contributed by atoms with E-state index in [0.717, 1.165) is 19.3 Å². The minimum Gasteiger partial charge on any atom is -0.480 e. The van der Waals surface area contributed by atoms with E-state index in [2.05, 4.69) is 24.5 Å². The van der Waals surface area contributed by atoms with E-state index in [1.807, 2.05) is 6.92 Å². The summed E-state index contributed by atoms with van der Waals surface area (Å²) in [5.74, 6) is -0.550. The van der Waals surface area contributed by atoms with Crippen molar-refractivity contribution in [3.63, 3.8) is 0 Å². The van der Waals surface area contributed by atoms with E-state index in [0.29, 0.717) is 18.8 Å². The molecule has 0 aliphatic heterocycles. The van der Waals surface area contributed by atoms with Gasteiger partial charge in [0.05, 0.1) is 0 Å². The fourth-order valence-electron chi connectivity index (χ4n) is 2.33. The number of carbonyl (C=O) groups is 2. The van der Waals surface area contributed by atoms with Gasteiger partial charge < -0.3 is 15.7 Å². The van der Waals surface area contributed by atoms with Gasteiger partial charge in [-0.05, 0) is 25.7 Å². The summed E-state index contributed by atoms with van der Waals surface area (Å²) in [6.45, 7) is 6.07. The predicted molar refractivity (Wildman–Crippen MR) is 69.4 cm³/mol. The first-order valence-corrected chi connectivity index (χ1v) is 6.73. The highest BCUT2D eigenvalue weighted by molar-refractivity contribution is 5.86. The third-order valence-electron chi connectivity index (χ3n) is 4.08. The maximum absolute atomic E-state index is 11.9. The molecule has 1 fully saturated rings. The van der Waals surface area contributed by atoms with Crippen molar-refractivity contribution in [2.75, 3.05) is 0 Å². The zero-order valence-electron chi connectivity index (χ0n) is 11.5. The van der Waals surface area contributed by atoms with E-state index in [1.165, 1.54) is 0 Å². The Balaban J connectivity index is 2.55. The SMILES string of the molecule is CCC(C)C(C)NC(=O)NC1(C(=O)O)CCCC1. The lowest BCUT2D eigenvalue weighted by Gasteiger charge is -2.27. The Hall–Kier alpha value is -1.26. The Labute approximate surface area is 108 Å². The number of carboxylic acids is 1. The van der Waals surface area contributed by atoms with Crippen LogP contribution in [0.2, 0.25) is 0 Å². The minimum atomic E-state index is -1.06. The summed E-state index contributed by atoms with van der Waals surface area (Å²) < 4.78 is 0. The second-order valence-electron chi connectivity index (χ2n) is 5.37. The molecular formula is C13H24N2O3. The number of aliphatic carboxylic acids is 1. The average Bonchev–Trinajstić information content (AvgIpc) is 2.77. The normalized spacial score (nSPS) is 21.1. The van der Waals surface area contributed by atoms with Crippen LogP contribution < -0.4 is 10.6 Å². The fourth-order valence-corrected chi connectivity index (χ4v) is 2.33. The number of rotatable bonds is 5. The summed E-state index contributed by atoms with van der Waals surface area (Å²) >= 11 is 0. The molecule has 0 aromatic rings. The van der Waals surface area contributed by atoms with Crippen LogP contribution in [-0.4, -0.2) is 28.7 Å². The largest absolute Gasteiger partial charge is 0.480 e. The molecule has 2 amide bonds. The molecule has 2 atom stereocenters. The lowest BCUT2D eigenvalue weighted by Crippen LogP contribution is -2.57. The van der Waals surface area contributed by atoms with Crippen LogP contribution in [-0.2, 0) is 4.79 Å². The van der Waals surface area contributed by atoms with E-state index in [-0.39, 0.29) is 12.1 Å². The van der Waals surface area contributed by atoms with Crippen LogP contribution in [0.15, 0.2) is 0 Å². The number of carboxylic acid groups (broad SMARTS) is 1.